The maximum absolute atomic E-state index is 12.6. The summed E-state index contributed by atoms with van der Waals surface area (Å²) in [5.41, 5.74) is 5.56. The van der Waals surface area contributed by atoms with Gasteiger partial charge in [0.25, 0.3) is 15.9 Å². The molecule has 2 aromatic carbocycles. The van der Waals surface area contributed by atoms with E-state index in [1.807, 2.05) is 0 Å². The lowest BCUT2D eigenvalue weighted by Crippen LogP contribution is -2.17. The molecule has 1 amide bonds. The number of carbonyl (C=O) groups excluding carboxylic acids is 1. The number of phenolic OH excluding ortho intramolecular Hbond substituents is 1. The molecule has 0 radical (unpaired) electrons. The molecule has 0 bridgehead atoms. The van der Waals surface area contributed by atoms with Crippen molar-refractivity contribution in [1.29, 1.82) is 0 Å². The van der Waals surface area contributed by atoms with Crippen LogP contribution in [0.4, 0.5) is 17.2 Å². The van der Waals surface area contributed by atoms with Gasteiger partial charge in [0.2, 0.25) is 0 Å². The van der Waals surface area contributed by atoms with E-state index in [1.165, 1.54) is 30.6 Å². The molecule has 5 N–H and O–H groups in total. The molecule has 0 unspecified atom stereocenters. The second-order valence-electron chi connectivity index (χ2n) is 5.54. The van der Waals surface area contributed by atoms with Crippen LogP contribution in [0.15, 0.2) is 59.8 Å². The highest BCUT2D eigenvalue weighted by Crippen LogP contribution is 2.28. The minimum Gasteiger partial charge on any atom is -0.506 e. The van der Waals surface area contributed by atoms with Crippen molar-refractivity contribution in [2.75, 3.05) is 15.8 Å². The highest BCUT2D eigenvalue weighted by Gasteiger charge is 2.19. The lowest BCUT2D eigenvalue weighted by Gasteiger charge is -2.12. The first-order valence-corrected chi connectivity index (χ1v) is 9.61. The number of nitrogen functional groups attached to an aromatic ring is 1. The molecule has 28 heavy (non-hydrogen) atoms. The van der Waals surface area contributed by atoms with Crippen LogP contribution in [0, 0.1) is 0 Å². The van der Waals surface area contributed by atoms with E-state index in [2.05, 4.69) is 20.0 Å². The van der Waals surface area contributed by atoms with Crippen LogP contribution < -0.4 is 15.8 Å². The number of nitrogens with one attached hydrogen (secondary N) is 2. The first kappa shape index (κ1) is 19.4. The molecule has 0 aliphatic heterocycles. The largest absolute Gasteiger partial charge is 0.506 e. The van der Waals surface area contributed by atoms with E-state index >= 15 is 0 Å². The molecular weight excluding hydrogens is 406 g/mol. The van der Waals surface area contributed by atoms with Gasteiger partial charge in [0, 0.05) is 17.4 Å². The Kier molecular flexibility index (Phi) is 5.34. The zero-order chi connectivity index (χ0) is 20.3. The van der Waals surface area contributed by atoms with Crippen molar-refractivity contribution in [2.24, 2.45) is 0 Å². The SMILES string of the molecule is Nc1nccnc1C(=O)Nc1cc(S(=O)(=O)Nc2cccc(Cl)c2)ccc1O. The molecule has 11 heteroatoms. The van der Waals surface area contributed by atoms with Crippen LogP contribution in [-0.2, 0) is 10.0 Å². The van der Waals surface area contributed by atoms with Gasteiger partial charge in [0.05, 0.1) is 16.3 Å². The summed E-state index contributed by atoms with van der Waals surface area (Å²) in [4.78, 5) is 19.7. The van der Waals surface area contributed by atoms with Crippen molar-refractivity contribution in [3.8, 4) is 5.75 Å². The van der Waals surface area contributed by atoms with Gasteiger partial charge in [-0.05, 0) is 36.4 Å². The quantitative estimate of drug-likeness (QED) is 0.464. The summed E-state index contributed by atoms with van der Waals surface area (Å²) in [6.45, 7) is 0. The van der Waals surface area contributed by atoms with Crippen LogP contribution in [0.2, 0.25) is 5.02 Å². The van der Waals surface area contributed by atoms with Crippen LogP contribution in [-0.4, -0.2) is 29.4 Å². The molecule has 0 aliphatic rings. The highest BCUT2D eigenvalue weighted by molar-refractivity contribution is 7.92. The fraction of sp³-hybridized carbons (Fsp3) is 0. The van der Waals surface area contributed by atoms with Crippen molar-refractivity contribution in [3.63, 3.8) is 0 Å². The van der Waals surface area contributed by atoms with Gasteiger partial charge < -0.3 is 16.2 Å². The Labute approximate surface area is 165 Å². The van der Waals surface area contributed by atoms with Gasteiger partial charge in [-0.1, -0.05) is 17.7 Å². The third-order valence-electron chi connectivity index (χ3n) is 3.54. The standard InChI is InChI=1S/C17H14ClN5O4S/c18-10-2-1-3-11(8-10)23-28(26,27)12-4-5-14(24)13(9-12)22-17(25)15-16(19)21-7-6-20-15/h1-9,23-24H,(H2,19,21)(H,22,25). The molecule has 3 rings (SSSR count). The van der Waals surface area contributed by atoms with Gasteiger partial charge in [-0.15, -0.1) is 0 Å². The third kappa shape index (κ3) is 4.30. The number of benzene rings is 2. The van der Waals surface area contributed by atoms with Crippen LogP contribution in [0.5, 0.6) is 5.75 Å². The lowest BCUT2D eigenvalue weighted by molar-refractivity contribution is 0.102. The summed E-state index contributed by atoms with van der Waals surface area (Å²) >= 11 is 5.86. The van der Waals surface area contributed by atoms with Crippen molar-refractivity contribution < 1.29 is 18.3 Å². The number of hydrogen-bond donors (Lipinski definition) is 4. The minimum atomic E-state index is -4.00. The summed E-state index contributed by atoms with van der Waals surface area (Å²) < 4.78 is 27.6. The number of aromatic hydroxyl groups is 1. The third-order valence-corrected chi connectivity index (χ3v) is 5.16. The lowest BCUT2D eigenvalue weighted by atomic mass is 10.2. The zero-order valence-corrected chi connectivity index (χ0v) is 15.7. The van der Waals surface area contributed by atoms with Gasteiger partial charge in [-0.2, -0.15) is 0 Å². The number of anilines is 3. The van der Waals surface area contributed by atoms with Gasteiger partial charge >= 0.3 is 0 Å². The van der Waals surface area contributed by atoms with Crippen LogP contribution >= 0.6 is 11.6 Å². The Balaban J connectivity index is 1.88. The number of rotatable bonds is 5. The minimum absolute atomic E-state index is 0.106. The number of nitrogens with zero attached hydrogens (tertiary/aromatic N) is 2. The summed E-state index contributed by atoms with van der Waals surface area (Å²) in [5, 5.41) is 12.7. The van der Waals surface area contributed by atoms with E-state index in [1.54, 1.807) is 12.1 Å². The van der Waals surface area contributed by atoms with Crippen molar-refractivity contribution in [1.82, 2.24) is 9.97 Å². The first-order valence-electron chi connectivity index (χ1n) is 7.75. The number of hydrogen-bond acceptors (Lipinski definition) is 7. The molecule has 9 nitrogen and oxygen atoms in total. The molecule has 0 saturated carbocycles. The highest BCUT2D eigenvalue weighted by atomic mass is 35.5. The Morgan fingerprint density at radius 1 is 1.11 bits per heavy atom. The molecule has 144 valence electrons. The van der Waals surface area contributed by atoms with Gasteiger partial charge in [-0.3, -0.25) is 9.52 Å². The predicted octanol–water partition coefficient (Wildman–Crippen LogP) is 2.47. The predicted molar refractivity (Wildman–Crippen MR) is 105 cm³/mol. The summed E-state index contributed by atoms with van der Waals surface area (Å²) in [5.74, 6) is -1.19. The smallest absolute Gasteiger partial charge is 0.278 e. The topological polar surface area (TPSA) is 147 Å². The van der Waals surface area contributed by atoms with E-state index in [9.17, 15) is 18.3 Å². The number of phenols is 1. The Bertz CT molecular complexity index is 1150. The van der Waals surface area contributed by atoms with Gasteiger partial charge in [-0.25, -0.2) is 18.4 Å². The van der Waals surface area contributed by atoms with E-state index in [4.69, 9.17) is 17.3 Å². The molecule has 1 heterocycles. The monoisotopic (exact) mass is 419 g/mol. The summed E-state index contributed by atoms with van der Waals surface area (Å²) in [6.07, 6.45) is 2.60. The normalized spacial score (nSPS) is 11.0. The second kappa shape index (κ2) is 7.71. The van der Waals surface area contributed by atoms with Crippen molar-refractivity contribution >= 4 is 44.7 Å². The molecular formula is C17H14ClN5O4S. The Morgan fingerprint density at radius 2 is 1.86 bits per heavy atom. The molecule has 0 fully saturated rings. The molecule has 0 saturated heterocycles. The Hall–Kier alpha value is -3.37. The molecule has 0 atom stereocenters. The van der Waals surface area contributed by atoms with Gasteiger partial charge in [0.15, 0.2) is 11.5 Å². The molecule has 1 aromatic heterocycles. The molecule has 0 spiro atoms. The number of amides is 1. The van der Waals surface area contributed by atoms with Crippen LogP contribution in [0.1, 0.15) is 10.5 Å². The fourth-order valence-electron chi connectivity index (χ4n) is 2.25. The number of sulfonamides is 1. The van der Waals surface area contributed by atoms with Gasteiger partial charge in [0.1, 0.15) is 5.75 Å². The second-order valence-corrected chi connectivity index (χ2v) is 7.66. The van der Waals surface area contributed by atoms with Crippen molar-refractivity contribution in [3.05, 3.63) is 65.6 Å². The number of halogens is 1. The van der Waals surface area contributed by atoms with E-state index < -0.39 is 15.9 Å². The van der Waals surface area contributed by atoms with E-state index in [0.29, 0.717) is 5.02 Å². The summed E-state index contributed by atoms with van der Waals surface area (Å²) in [7, 11) is -4.00. The fourth-order valence-corrected chi connectivity index (χ4v) is 3.52. The van der Waals surface area contributed by atoms with Crippen molar-refractivity contribution in [2.45, 2.75) is 4.90 Å². The number of nitrogens with two attached hydrogens (primary N) is 1. The maximum Gasteiger partial charge on any atom is 0.278 e. The average molecular weight is 420 g/mol. The van der Waals surface area contributed by atoms with E-state index in [-0.39, 0.29) is 33.5 Å². The number of carbonyl (C=O) groups is 1. The summed E-state index contributed by atoms with van der Waals surface area (Å²) in [6, 6.07) is 9.60. The maximum atomic E-state index is 12.6. The average Bonchev–Trinajstić information content (AvgIpc) is 2.63. The van der Waals surface area contributed by atoms with E-state index in [0.717, 1.165) is 12.1 Å². The first-order chi connectivity index (χ1) is 13.3. The molecule has 3 aromatic rings. The Morgan fingerprint density at radius 3 is 2.57 bits per heavy atom. The van der Waals surface area contributed by atoms with Crippen LogP contribution in [0.25, 0.3) is 0 Å². The zero-order valence-electron chi connectivity index (χ0n) is 14.1. The van der Waals surface area contributed by atoms with Crippen LogP contribution in [0.3, 0.4) is 0 Å². The number of aromatic nitrogens is 2. The molecule has 0 aliphatic carbocycles.